The van der Waals surface area contributed by atoms with Gasteiger partial charge in [0.05, 0.1) is 0 Å². The quantitative estimate of drug-likeness (QED) is 0.857. The van der Waals surface area contributed by atoms with Crippen LogP contribution in [0.5, 0.6) is 0 Å². The number of nitrogens with zero attached hydrogens (tertiary/aromatic N) is 1. The van der Waals surface area contributed by atoms with Gasteiger partial charge in [-0.1, -0.05) is 30.3 Å². The summed E-state index contributed by atoms with van der Waals surface area (Å²) in [4.78, 5) is 13.9. The van der Waals surface area contributed by atoms with Crippen LogP contribution in [-0.2, 0) is 4.79 Å². The van der Waals surface area contributed by atoms with Gasteiger partial charge in [-0.3, -0.25) is 4.79 Å². The van der Waals surface area contributed by atoms with Crippen LogP contribution < -0.4 is 5.73 Å². The maximum atomic E-state index is 12.2. The molecule has 1 aliphatic rings. The van der Waals surface area contributed by atoms with Gasteiger partial charge in [-0.25, -0.2) is 0 Å². The van der Waals surface area contributed by atoms with Crippen LogP contribution in [0.1, 0.15) is 24.8 Å². The first-order valence-corrected chi connectivity index (χ1v) is 6.16. The van der Waals surface area contributed by atoms with Crippen LogP contribution in [0, 0.1) is 5.92 Å². The summed E-state index contributed by atoms with van der Waals surface area (Å²) in [6.45, 7) is 2.50. The van der Waals surface area contributed by atoms with E-state index in [0.717, 1.165) is 6.42 Å². The molecule has 1 aromatic carbocycles. The van der Waals surface area contributed by atoms with Crippen molar-refractivity contribution in [1.29, 1.82) is 0 Å². The Morgan fingerprint density at radius 1 is 1.47 bits per heavy atom. The van der Waals surface area contributed by atoms with Gasteiger partial charge in [0.15, 0.2) is 0 Å². The van der Waals surface area contributed by atoms with E-state index >= 15 is 0 Å². The standard InChI is InChI=1S/C14H20N2O/c1-10(9-15)16(2)14(17)13-8-12(13)11-6-4-3-5-7-11/h3-7,10,12-13H,8-9,15H2,1-2H3. The normalized spacial score (nSPS) is 24.2. The summed E-state index contributed by atoms with van der Waals surface area (Å²) >= 11 is 0. The predicted octanol–water partition coefficient (Wildman–Crippen LogP) is 1.60. The van der Waals surface area contributed by atoms with Crippen molar-refractivity contribution in [1.82, 2.24) is 4.90 Å². The molecule has 3 atom stereocenters. The molecule has 0 radical (unpaired) electrons. The van der Waals surface area contributed by atoms with Crippen molar-refractivity contribution in [2.45, 2.75) is 25.3 Å². The molecule has 1 aromatic rings. The molecule has 1 aliphatic carbocycles. The second-order valence-corrected chi connectivity index (χ2v) is 4.89. The Bertz CT molecular complexity index is 390. The lowest BCUT2D eigenvalue weighted by Crippen LogP contribution is -2.40. The first-order valence-electron chi connectivity index (χ1n) is 6.16. The van der Waals surface area contributed by atoms with E-state index in [-0.39, 0.29) is 17.9 Å². The molecule has 3 heteroatoms. The zero-order valence-corrected chi connectivity index (χ0v) is 10.5. The fraction of sp³-hybridized carbons (Fsp3) is 0.500. The van der Waals surface area contributed by atoms with Gasteiger partial charge in [-0.15, -0.1) is 0 Å². The molecular weight excluding hydrogens is 212 g/mol. The highest BCUT2D eigenvalue weighted by molar-refractivity contribution is 5.83. The van der Waals surface area contributed by atoms with Gasteiger partial charge >= 0.3 is 0 Å². The third-order valence-electron chi connectivity index (χ3n) is 3.69. The number of rotatable bonds is 4. The Kier molecular flexibility index (Phi) is 3.48. The molecule has 0 bridgehead atoms. The molecule has 1 saturated carbocycles. The summed E-state index contributed by atoms with van der Waals surface area (Å²) in [6.07, 6.45) is 0.977. The molecule has 2 N–H and O–H groups in total. The van der Waals surface area contributed by atoms with Gasteiger partial charge in [0, 0.05) is 25.6 Å². The smallest absolute Gasteiger partial charge is 0.226 e. The molecule has 0 spiro atoms. The molecule has 1 fully saturated rings. The van der Waals surface area contributed by atoms with Gasteiger partial charge in [-0.05, 0) is 24.8 Å². The highest BCUT2D eigenvalue weighted by Crippen LogP contribution is 2.48. The van der Waals surface area contributed by atoms with E-state index in [4.69, 9.17) is 5.73 Å². The molecule has 3 unspecified atom stereocenters. The van der Waals surface area contributed by atoms with Gasteiger partial charge < -0.3 is 10.6 Å². The zero-order valence-electron chi connectivity index (χ0n) is 10.5. The number of likely N-dealkylation sites (N-methyl/N-ethyl adjacent to an activating group) is 1. The highest BCUT2D eigenvalue weighted by Gasteiger charge is 2.45. The van der Waals surface area contributed by atoms with Crippen LogP contribution in [0.15, 0.2) is 30.3 Å². The first kappa shape index (κ1) is 12.1. The third-order valence-corrected chi connectivity index (χ3v) is 3.69. The molecule has 0 aromatic heterocycles. The van der Waals surface area contributed by atoms with Crippen LogP contribution in [0.4, 0.5) is 0 Å². The Labute approximate surface area is 103 Å². The van der Waals surface area contributed by atoms with E-state index in [1.807, 2.05) is 32.2 Å². The summed E-state index contributed by atoms with van der Waals surface area (Å²) in [5.74, 6) is 0.810. The Morgan fingerprint density at radius 2 is 2.12 bits per heavy atom. The number of carbonyl (C=O) groups is 1. The van der Waals surface area contributed by atoms with E-state index in [1.54, 1.807) is 4.90 Å². The number of benzene rings is 1. The van der Waals surface area contributed by atoms with Gasteiger partial charge in [0.25, 0.3) is 0 Å². The molecule has 0 saturated heterocycles. The van der Waals surface area contributed by atoms with Crippen LogP contribution in [0.25, 0.3) is 0 Å². The summed E-state index contributed by atoms with van der Waals surface area (Å²) in [5.41, 5.74) is 6.86. The highest BCUT2D eigenvalue weighted by atomic mass is 16.2. The third kappa shape index (κ3) is 2.50. The predicted molar refractivity (Wildman–Crippen MR) is 68.6 cm³/mol. The van der Waals surface area contributed by atoms with E-state index in [1.165, 1.54) is 5.56 Å². The van der Waals surface area contributed by atoms with Crippen molar-refractivity contribution in [3.05, 3.63) is 35.9 Å². The van der Waals surface area contributed by atoms with Crippen LogP contribution in [0.2, 0.25) is 0 Å². The topological polar surface area (TPSA) is 46.3 Å². The van der Waals surface area contributed by atoms with E-state index < -0.39 is 0 Å². The minimum atomic E-state index is 0.125. The molecule has 0 heterocycles. The molecule has 17 heavy (non-hydrogen) atoms. The largest absolute Gasteiger partial charge is 0.342 e. The van der Waals surface area contributed by atoms with Gasteiger partial charge in [0.1, 0.15) is 0 Å². The second kappa shape index (κ2) is 4.88. The average Bonchev–Trinajstić information content (AvgIpc) is 3.17. The van der Waals surface area contributed by atoms with Crippen LogP contribution in [0.3, 0.4) is 0 Å². The summed E-state index contributed by atoms with van der Waals surface area (Å²) < 4.78 is 0. The van der Waals surface area contributed by atoms with Crippen LogP contribution in [-0.4, -0.2) is 30.4 Å². The SMILES string of the molecule is CC(CN)N(C)C(=O)C1CC1c1ccccc1. The number of hydrogen-bond acceptors (Lipinski definition) is 2. The minimum absolute atomic E-state index is 0.125. The lowest BCUT2D eigenvalue weighted by atomic mass is 10.1. The summed E-state index contributed by atoms with van der Waals surface area (Å²) in [6, 6.07) is 10.4. The molecule has 0 aliphatic heterocycles. The number of nitrogens with two attached hydrogens (primary N) is 1. The number of hydrogen-bond donors (Lipinski definition) is 1. The molecule has 1 amide bonds. The maximum absolute atomic E-state index is 12.2. The van der Waals surface area contributed by atoms with Crippen molar-refractivity contribution < 1.29 is 4.79 Å². The van der Waals surface area contributed by atoms with Crippen molar-refractivity contribution >= 4 is 5.91 Å². The monoisotopic (exact) mass is 232 g/mol. The number of amides is 1. The fourth-order valence-electron chi connectivity index (χ4n) is 2.17. The Hall–Kier alpha value is -1.35. The van der Waals surface area contributed by atoms with E-state index in [0.29, 0.717) is 12.5 Å². The molecular formula is C14H20N2O. The van der Waals surface area contributed by atoms with E-state index in [2.05, 4.69) is 12.1 Å². The van der Waals surface area contributed by atoms with Crippen molar-refractivity contribution in [2.75, 3.05) is 13.6 Å². The Morgan fingerprint density at radius 3 is 2.71 bits per heavy atom. The van der Waals surface area contributed by atoms with Gasteiger partial charge in [-0.2, -0.15) is 0 Å². The van der Waals surface area contributed by atoms with Crippen molar-refractivity contribution in [3.63, 3.8) is 0 Å². The minimum Gasteiger partial charge on any atom is -0.342 e. The van der Waals surface area contributed by atoms with Crippen molar-refractivity contribution in [3.8, 4) is 0 Å². The average molecular weight is 232 g/mol. The second-order valence-electron chi connectivity index (χ2n) is 4.89. The van der Waals surface area contributed by atoms with Crippen molar-refractivity contribution in [2.24, 2.45) is 11.7 Å². The molecule has 2 rings (SSSR count). The summed E-state index contributed by atoms with van der Waals surface area (Å²) in [7, 11) is 1.85. The fourth-order valence-corrected chi connectivity index (χ4v) is 2.17. The lowest BCUT2D eigenvalue weighted by molar-refractivity contribution is -0.133. The zero-order chi connectivity index (χ0) is 12.4. The lowest BCUT2D eigenvalue weighted by Gasteiger charge is -2.23. The number of carbonyl (C=O) groups excluding carboxylic acids is 1. The molecule has 92 valence electrons. The molecule has 3 nitrogen and oxygen atoms in total. The first-order chi connectivity index (χ1) is 8.15. The van der Waals surface area contributed by atoms with Gasteiger partial charge in [0.2, 0.25) is 5.91 Å². The summed E-state index contributed by atoms with van der Waals surface area (Å²) in [5, 5.41) is 0. The Balaban J connectivity index is 1.97. The van der Waals surface area contributed by atoms with E-state index in [9.17, 15) is 4.79 Å². The maximum Gasteiger partial charge on any atom is 0.226 e. The van der Waals surface area contributed by atoms with Crippen LogP contribution >= 0.6 is 0 Å².